The van der Waals surface area contributed by atoms with Gasteiger partial charge in [-0.3, -0.25) is 4.68 Å². The van der Waals surface area contributed by atoms with Gasteiger partial charge in [-0.2, -0.15) is 5.10 Å². The summed E-state index contributed by atoms with van der Waals surface area (Å²) < 4.78 is 7.20. The first kappa shape index (κ1) is 12.0. The molecule has 0 saturated carbocycles. The van der Waals surface area contributed by atoms with Crippen LogP contribution in [0.4, 0.5) is 0 Å². The van der Waals surface area contributed by atoms with E-state index in [0.29, 0.717) is 23.3 Å². The normalized spacial score (nSPS) is 10.1. The molecule has 0 aromatic carbocycles. The van der Waals surface area contributed by atoms with E-state index in [1.807, 2.05) is 6.92 Å². The molecular weight excluding hydrogens is 260 g/mol. The molecule has 1 aromatic rings. The Labute approximate surface area is 97.0 Å². The van der Waals surface area contributed by atoms with E-state index in [1.165, 1.54) is 0 Å². The van der Waals surface area contributed by atoms with Gasteiger partial charge in [0.25, 0.3) is 0 Å². The van der Waals surface area contributed by atoms with Gasteiger partial charge in [0.1, 0.15) is 0 Å². The zero-order valence-electron chi connectivity index (χ0n) is 8.79. The van der Waals surface area contributed by atoms with Gasteiger partial charge in [0, 0.05) is 0 Å². The third kappa shape index (κ3) is 2.47. The number of ether oxygens (including phenoxy) is 1. The van der Waals surface area contributed by atoms with Crippen molar-refractivity contribution in [2.45, 2.75) is 20.4 Å². The van der Waals surface area contributed by atoms with Crippen molar-refractivity contribution in [2.75, 3.05) is 6.61 Å². The van der Waals surface area contributed by atoms with E-state index in [9.17, 15) is 4.79 Å². The number of aryl methyl sites for hydroxylation is 1. The minimum Gasteiger partial charge on any atom is -0.461 e. The number of allylic oxidation sites excluding steroid dienone is 1. The number of carbonyl (C=O) groups is 1. The molecule has 82 valence electrons. The monoisotopic (exact) mass is 272 g/mol. The molecule has 0 saturated heterocycles. The van der Waals surface area contributed by atoms with Crippen LogP contribution in [0.2, 0.25) is 0 Å². The third-order valence-corrected chi connectivity index (χ3v) is 2.77. The van der Waals surface area contributed by atoms with Gasteiger partial charge in [0.05, 0.1) is 23.3 Å². The Morgan fingerprint density at radius 1 is 1.73 bits per heavy atom. The van der Waals surface area contributed by atoms with Crippen molar-refractivity contribution in [3.63, 3.8) is 0 Å². The Morgan fingerprint density at radius 3 is 2.93 bits per heavy atom. The highest BCUT2D eigenvalue weighted by atomic mass is 79.9. The molecule has 0 N–H and O–H groups in total. The summed E-state index contributed by atoms with van der Waals surface area (Å²) >= 11 is 3.32. The highest BCUT2D eigenvalue weighted by Crippen LogP contribution is 2.21. The maximum absolute atomic E-state index is 11.6. The average molecular weight is 273 g/mol. The van der Waals surface area contributed by atoms with E-state index in [-0.39, 0.29) is 5.97 Å². The third-order valence-electron chi connectivity index (χ3n) is 1.83. The molecule has 1 heterocycles. The molecule has 4 nitrogen and oxygen atoms in total. The van der Waals surface area contributed by atoms with Crippen molar-refractivity contribution in [2.24, 2.45) is 0 Å². The fourth-order valence-corrected chi connectivity index (χ4v) is 1.65. The molecule has 0 amide bonds. The van der Waals surface area contributed by atoms with Crippen LogP contribution in [-0.4, -0.2) is 22.4 Å². The molecule has 0 spiro atoms. The van der Waals surface area contributed by atoms with Crippen LogP contribution in [0.3, 0.4) is 0 Å². The average Bonchev–Trinajstić information content (AvgIpc) is 2.44. The van der Waals surface area contributed by atoms with E-state index in [4.69, 9.17) is 4.74 Å². The largest absolute Gasteiger partial charge is 0.461 e. The quantitative estimate of drug-likeness (QED) is 0.624. The van der Waals surface area contributed by atoms with E-state index < -0.39 is 0 Å². The lowest BCUT2D eigenvalue weighted by atomic mass is 10.3. The lowest BCUT2D eigenvalue weighted by Crippen LogP contribution is -2.13. The Hall–Kier alpha value is -1.10. The second kappa shape index (κ2) is 5.11. The molecule has 1 rings (SSSR count). The Balaban J connectivity index is 3.12. The van der Waals surface area contributed by atoms with Crippen molar-refractivity contribution in [3.8, 4) is 0 Å². The van der Waals surface area contributed by atoms with E-state index in [0.717, 1.165) is 5.69 Å². The van der Waals surface area contributed by atoms with Gasteiger partial charge in [-0.25, -0.2) is 4.79 Å². The fraction of sp³-hybridized carbons (Fsp3) is 0.400. The maximum Gasteiger partial charge on any atom is 0.357 e. The molecule has 5 heteroatoms. The fourth-order valence-electron chi connectivity index (χ4n) is 1.21. The molecule has 0 atom stereocenters. The van der Waals surface area contributed by atoms with Crippen LogP contribution in [0, 0.1) is 6.92 Å². The Bertz CT molecular complexity index is 385. The molecule has 0 aliphatic rings. The SMILES string of the molecule is C=CCn1nc(C)c(Br)c1C(=O)OCC. The predicted molar refractivity (Wildman–Crippen MR) is 60.8 cm³/mol. The van der Waals surface area contributed by atoms with Crippen molar-refractivity contribution in [1.82, 2.24) is 9.78 Å². The lowest BCUT2D eigenvalue weighted by Gasteiger charge is -2.04. The summed E-state index contributed by atoms with van der Waals surface area (Å²) in [5.74, 6) is -0.369. The number of carbonyl (C=O) groups excluding carboxylic acids is 1. The first-order valence-corrected chi connectivity index (χ1v) is 5.42. The molecular formula is C10H13BrN2O2. The summed E-state index contributed by atoms with van der Waals surface area (Å²) in [5.41, 5.74) is 1.20. The van der Waals surface area contributed by atoms with Gasteiger partial charge in [-0.05, 0) is 29.8 Å². The number of hydrogen-bond acceptors (Lipinski definition) is 3. The summed E-state index contributed by atoms with van der Waals surface area (Å²) in [7, 11) is 0. The topological polar surface area (TPSA) is 44.1 Å². The predicted octanol–water partition coefficient (Wildman–Crippen LogP) is 2.32. The zero-order valence-corrected chi connectivity index (χ0v) is 10.4. The molecule has 0 fully saturated rings. The minimum absolute atomic E-state index is 0.351. The summed E-state index contributed by atoms with van der Waals surface area (Å²) in [6, 6.07) is 0. The number of rotatable bonds is 4. The van der Waals surface area contributed by atoms with Gasteiger partial charge in [-0.15, -0.1) is 6.58 Å². The van der Waals surface area contributed by atoms with Crippen molar-refractivity contribution in [1.29, 1.82) is 0 Å². The van der Waals surface area contributed by atoms with Crippen LogP contribution in [0.25, 0.3) is 0 Å². The number of esters is 1. The van der Waals surface area contributed by atoms with Crippen molar-refractivity contribution in [3.05, 3.63) is 28.5 Å². The number of aromatic nitrogens is 2. The Kier molecular flexibility index (Phi) is 4.08. The number of nitrogens with zero attached hydrogens (tertiary/aromatic N) is 2. The van der Waals surface area contributed by atoms with Gasteiger partial charge < -0.3 is 4.74 Å². The van der Waals surface area contributed by atoms with Crippen molar-refractivity contribution < 1.29 is 9.53 Å². The van der Waals surface area contributed by atoms with Crippen LogP contribution in [0.15, 0.2) is 17.1 Å². The molecule has 0 unspecified atom stereocenters. The van der Waals surface area contributed by atoms with E-state index >= 15 is 0 Å². The van der Waals surface area contributed by atoms with Gasteiger partial charge >= 0.3 is 5.97 Å². The van der Waals surface area contributed by atoms with Gasteiger partial charge in [0.2, 0.25) is 0 Å². The van der Waals surface area contributed by atoms with Crippen LogP contribution < -0.4 is 0 Å². The molecule has 0 radical (unpaired) electrons. The lowest BCUT2D eigenvalue weighted by molar-refractivity contribution is 0.0511. The highest BCUT2D eigenvalue weighted by Gasteiger charge is 2.20. The van der Waals surface area contributed by atoms with Crippen LogP contribution in [0.5, 0.6) is 0 Å². The molecule has 0 aliphatic heterocycles. The standard InChI is InChI=1S/C10H13BrN2O2/c1-4-6-13-9(10(14)15-5-2)8(11)7(3)12-13/h4H,1,5-6H2,2-3H3. The van der Waals surface area contributed by atoms with E-state index in [2.05, 4.69) is 27.6 Å². The summed E-state index contributed by atoms with van der Waals surface area (Å²) in [4.78, 5) is 11.6. The van der Waals surface area contributed by atoms with Crippen LogP contribution in [-0.2, 0) is 11.3 Å². The Morgan fingerprint density at radius 2 is 2.40 bits per heavy atom. The number of hydrogen-bond donors (Lipinski definition) is 0. The molecule has 15 heavy (non-hydrogen) atoms. The second-order valence-electron chi connectivity index (χ2n) is 2.94. The van der Waals surface area contributed by atoms with E-state index in [1.54, 1.807) is 17.7 Å². The van der Waals surface area contributed by atoms with Gasteiger partial charge in [0.15, 0.2) is 5.69 Å². The minimum atomic E-state index is -0.369. The summed E-state index contributed by atoms with van der Waals surface area (Å²) in [5, 5.41) is 4.20. The highest BCUT2D eigenvalue weighted by molar-refractivity contribution is 9.10. The molecule has 0 aliphatic carbocycles. The van der Waals surface area contributed by atoms with Crippen LogP contribution in [0.1, 0.15) is 23.1 Å². The zero-order chi connectivity index (χ0) is 11.4. The second-order valence-corrected chi connectivity index (χ2v) is 3.73. The summed E-state index contributed by atoms with van der Waals surface area (Å²) in [6.07, 6.45) is 1.68. The number of halogens is 1. The molecule has 1 aromatic heterocycles. The molecule has 0 bridgehead atoms. The van der Waals surface area contributed by atoms with Crippen LogP contribution >= 0.6 is 15.9 Å². The van der Waals surface area contributed by atoms with Crippen molar-refractivity contribution >= 4 is 21.9 Å². The summed E-state index contributed by atoms with van der Waals surface area (Å²) in [6.45, 7) is 8.05. The first-order chi connectivity index (χ1) is 7.11. The maximum atomic E-state index is 11.6. The smallest absolute Gasteiger partial charge is 0.357 e. The van der Waals surface area contributed by atoms with Gasteiger partial charge in [-0.1, -0.05) is 6.08 Å². The first-order valence-electron chi connectivity index (χ1n) is 4.62.